The van der Waals surface area contributed by atoms with Gasteiger partial charge in [-0.05, 0) is 37.3 Å². The molecule has 0 aromatic carbocycles. The normalized spacial score (nSPS) is 27.9. The summed E-state index contributed by atoms with van der Waals surface area (Å²) in [5, 5.41) is 1.07. The van der Waals surface area contributed by atoms with Crippen LogP contribution in [0, 0.1) is 5.92 Å². The first-order chi connectivity index (χ1) is 8.70. The lowest BCUT2D eigenvalue weighted by molar-refractivity contribution is 0.391. The molecule has 4 unspecified atom stereocenters. The van der Waals surface area contributed by atoms with Crippen molar-refractivity contribution in [2.24, 2.45) is 11.7 Å². The molecule has 0 radical (unpaired) electrons. The van der Waals surface area contributed by atoms with Crippen molar-refractivity contribution in [3.05, 3.63) is 24.2 Å². The molecule has 0 saturated heterocycles. The van der Waals surface area contributed by atoms with Crippen molar-refractivity contribution in [3.8, 4) is 0 Å². The smallest absolute Gasteiger partial charge is 0.118 e. The van der Waals surface area contributed by atoms with Crippen LogP contribution >= 0.6 is 11.8 Å². The summed E-state index contributed by atoms with van der Waals surface area (Å²) in [5.74, 6) is 1.92. The molecule has 0 aliphatic heterocycles. The number of hydrogen-bond acceptors (Lipinski definition) is 3. The van der Waals surface area contributed by atoms with Crippen LogP contribution in [0.2, 0.25) is 0 Å². The highest BCUT2D eigenvalue weighted by Crippen LogP contribution is 2.42. The maximum absolute atomic E-state index is 6.28. The molecule has 1 aliphatic rings. The van der Waals surface area contributed by atoms with Crippen LogP contribution in [0.1, 0.15) is 57.0 Å². The van der Waals surface area contributed by atoms with Crippen LogP contribution in [0.5, 0.6) is 0 Å². The molecular weight excluding hydrogens is 242 g/mol. The first-order valence-electron chi connectivity index (χ1n) is 7.15. The van der Waals surface area contributed by atoms with Gasteiger partial charge in [-0.25, -0.2) is 0 Å². The van der Waals surface area contributed by atoms with E-state index < -0.39 is 0 Å². The Morgan fingerprint density at radius 3 is 2.94 bits per heavy atom. The molecule has 18 heavy (non-hydrogen) atoms. The second kappa shape index (κ2) is 6.67. The second-order valence-corrected chi connectivity index (χ2v) is 6.98. The van der Waals surface area contributed by atoms with E-state index in [0.29, 0.717) is 5.25 Å². The Morgan fingerprint density at radius 1 is 1.50 bits per heavy atom. The number of furan rings is 1. The summed E-state index contributed by atoms with van der Waals surface area (Å²) >= 11 is 2.04. The fourth-order valence-corrected chi connectivity index (χ4v) is 4.58. The Kier molecular flexibility index (Phi) is 5.19. The molecule has 2 N–H and O–H groups in total. The fourth-order valence-electron chi connectivity index (χ4n) is 2.76. The zero-order chi connectivity index (χ0) is 13.0. The molecule has 3 heteroatoms. The molecular formula is C15H25NOS. The molecule has 1 heterocycles. The van der Waals surface area contributed by atoms with E-state index in [2.05, 4.69) is 19.9 Å². The monoisotopic (exact) mass is 267 g/mol. The molecule has 4 atom stereocenters. The third kappa shape index (κ3) is 3.55. The Labute approximate surface area is 115 Å². The topological polar surface area (TPSA) is 39.2 Å². The zero-order valence-electron chi connectivity index (χ0n) is 11.5. The van der Waals surface area contributed by atoms with Crippen molar-refractivity contribution < 1.29 is 4.42 Å². The third-order valence-electron chi connectivity index (χ3n) is 3.91. The van der Waals surface area contributed by atoms with Crippen molar-refractivity contribution in [1.29, 1.82) is 0 Å². The summed E-state index contributed by atoms with van der Waals surface area (Å²) in [6, 6.07) is 4.23. The maximum atomic E-state index is 6.28. The van der Waals surface area contributed by atoms with Gasteiger partial charge >= 0.3 is 0 Å². The number of rotatable bonds is 5. The van der Waals surface area contributed by atoms with Crippen molar-refractivity contribution >= 4 is 11.8 Å². The largest absolute Gasteiger partial charge is 0.468 e. The summed E-state index contributed by atoms with van der Waals surface area (Å²) in [7, 11) is 0. The maximum Gasteiger partial charge on any atom is 0.118 e. The first-order valence-corrected chi connectivity index (χ1v) is 8.09. The molecule has 1 fully saturated rings. The van der Waals surface area contributed by atoms with E-state index in [-0.39, 0.29) is 6.04 Å². The lowest BCUT2D eigenvalue weighted by atomic mass is 9.90. The highest BCUT2D eigenvalue weighted by Gasteiger charge is 2.28. The molecule has 1 aromatic heterocycles. The molecule has 0 amide bonds. The van der Waals surface area contributed by atoms with Crippen LogP contribution in [0.15, 0.2) is 22.8 Å². The fraction of sp³-hybridized carbons (Fsp3) is 0.733. The van der Waals surface area contributed by atoms with E-state index in [0.717, 1.165) is 23.3 Å². The summed E-state index contributed by atoms with van der Waals surface area (Å²) in [5.41, 5.74) is 6.28. The SMILES string of the molecule is CCC(N)C(SC1CCCC(C)C1)c1ccco1. The Hall–Kier alpha value is -0.410. The summed E-state index contributed by atoms with van der Waals surface area (Å²) < 4.78 is 5.59. The van der Waals surface area contributed by atoms with Gasteiger partial charge in [-0.3, -0.25) is 0 Å². The Bertz CT molecular complexity index is 338. The molecule has 0 spiro atoms. The van der Waals surface area contributed by atoms with E-state index in [1.807, 2.05) is 17.8 Å². The van der Waals surface area contributed by atoms with Crippen LogP contribution in [0.3, 0.4) is 0 Å². The van der Waals surface area contributed by atoms with Crippen molar-refractivity contribution in [1.82, 2.24) is 0 Å². The van der Waals surface area contributed by atoms with E-state index in [9.17, 15) is 0 Å². The highest BCUT2D eigenvalue weighted by molar-refractivity contribution is 8.00. The van der Waals surface area contributed by atoms with Gasteiger partial charge < -0.3 is 10.2 Å². The zero-order valence-corrected chi connectivity index (χ0v) is 12.3. The minimum absolute atomic E-state index is 0.193. The predicted molar refractivity (Wildman–Crippen MR) is 78.7 cm³/mol. The van der Waals surface area contributed by atoms with Crippen LogP contribution in [0.4, 0.5) is 0 Å². The summed E-state index contributed by atoms with van der Waals surface area (Å²) in [6.07, 6.45) is 8.18. The second-order valence-electron chi connectivity index (χ2n) is 5.54. The Balaban J connectivity index is 2.01. The van der Waals surface area contributed by atoms with Crippen LogP contribution in [-0.4, -0.2) is 11.3 Å². The molecule has 1 saturated carbocycles. The molecule has 2 nitrogen and oxygen atoms in total. The van der Waals surface area contributed by atoms with Gasteiger partial charge in [-0.15, -0.1) is 11.8 Å². The van der Waals surface area contributed by atoms with Crippen LogP contribution in [-0.2, 0) is 0 Å². The van der Waals surface area contributed by atoms with Crippen molar-refractivity contribution in [3.63, 3.8) is 0 Å². The van der Waals surface area contributed by atoms with Crippen molar-refractivity contribution in [2.45, 2.75) is 62.5 Å². The van der Waals surface area contributed by atoms with Gasteiger partial charge in [0.2, 0.25) is 0 Å². The summed E-state index contributed by atoms with van der Waals surface area (Å²) in [6.45, 7) is 4.53. The van der Waals surface area contributed by atoms with E-state index in [1.165, 1.54) is 25.7 Å². The minimum atomic E-state index is 0.193. The standard InChI is InChI=1S/C15H25NOS/c1-3-13(16)15(14-8-5-9-17-14)18-12-7-4-6-11(2)10-12/h5,8-9,11-13,15H,3-4,6-7,10,16H2,1-2H3. The number of nitrogens with two attached hydrogens (primary N) is 1. The van der Waals surface area contributed by atoms with Crippen LogP contribution in [0.25, 0.3) is 0 Å². The highest BCUT2D eigenvalue weighted by atomic mass is 32.2. The molecule has 2 rings (SSSR count). The molecule has 1 aromatic rings. The average Bonchev–Trinajstić information content (AvgIpc) is 2.89. The number of hydrogen-bond donors (Lipinski definition) is 1. The lowest BCUT2D eigenvalue weighted by Gasteiger charge is -2.30. The summed E-state index contributed by atoms with van der Waals surface area (Å²) in [4.78, 5) is 0. The average molecular weight is 267 g/mol. The van der Waals surface area contributed by atoms with Gasteiger partial charge in [-0.2, -0.15) is 0 Å². The van der Waals surface area contributed by atoms with Gasteiger partial charge in [0.05, 0.1) is 11.5 Å². The minimum Gasteiger partial charge on any atom is -0.468 e. The number of thioether (sulfide) groups is 1. The van der Waals surface area contributed by atoms with Gasteiger partial charge in [0.15, 0.2) is 0 Å². The van der Waals surface area contributed by atoms with Crippen LogP contribution < -0.4 is 5.73 Å². The lowest BCUT2D eigenvalue weighted by Crippen LogP contribution is -2.28. The van der Waals surface area contributed by atoms with E-state index in [4.69, 9.17) is 10.2 Å². The van der Waals surface area contributed by atoms with Gasteiger partial charge in [0.1, 0.15) is 5.76 Å². The van der Waals surface area contributed by atoms with E-state index >= 15 is 0 Å². The van der Waals surface area contributed by atoms with E-state index in [1.54, 1.807) is 6.26 Å². The van der Waals surface area contributed by atoms with Gasteiger partial charge in [0, 0.05) is 11.3 Å². The van der Waals surface area contributed by atoms with Crippen molar-refractivity contribution in [2.75, 3.05) is 0 Å². The molecule has 1 aliphatic carbocycles. The van der Waals surface area contributed by atoms with Gasteiger partial charge in [0.25, 0.3) is 0 Å². The third-order valence-corrected chi connectivity index (χ3v) is 5.60. The molecule has 0 bridgehead atoms. The first kappa shape index (κ1) is 14.0. The van der Waals surface area contributed by atoms with Gasteiger partial charge in [-0.1, -0.05) is 26.7 Å². The molecule has 102 valence electrons. The Morgan fingerprint density at radius 2 is 2.33 bits per heavy atom. The quantitative estimate of drug-likeness (QED) is 0.861. The predicted octanol–water partition coefficient (Wildman–Crippen LogP) is 4.37.